The van der Waals surface area contributed by atoms with Gasteiger partial charge in [0.2, 0.25) is 0 Å². The number of hydrogen-bond donors (Lipinski definition) is 0. The lowest BCUT2D eigenvalue weighted by molar-refractivity contribution is -0.149. The Bertz CT molecular complexity index is 551. The van der Waals surface area contributed by atoms with Crippen molar-refractivity contribution >= 4 is 54.1 Å². The molecule has 0 aliphatic heterocycles. The van der Waals surface area contributed by atoms with E-state index in [1.54, 1.807) is 0 Å². The van der Waals surface area contributed by atoms with Gasteiger partial charge in [0.15, 0.2) is 0 Å². The van der Waals surface area contributed by atoms with E-state index in [0.29, 0.717) is 0 Å². The molecule has 12 nitrogen and oxygen atoms in total. The Hall–Kier alpha value is -3.01. The summed E-state index contributed by atoms with van der Waals surface area (Å²) in [6.45, 7) is 10.0. The fourth-order valence-corrected chi connectivity index (χ4v) is 3.80. The van der Waals surface area contributed by atoms with E-state index >= 15 is 0 Å². The van der Waals surface area contributed by atoms with E-state index in [0.717, 1.165) is 47.2 Å². The summed E-state index contributed by atoms with van der Waals surface area (Å²) < 4.78 is 27.6. The largest absolute Gasteiger partial charge is 0.734 e. The van der Waals surface area contributed by atoms with Crippen LogP contribution in [-0.4, -0.2) is 54.1 Å². The van der Waals surface area contributed by atoms with Crippen LogP contribution in [0.4, 0.5) is 0 Å². The maximum atomic E-state index is 10.8. The standard InChI is InChI=1S/C8H12O6Si.C6H10O6Si/c1-5-15(12-6(2)9,13-7(3)10)14-8(4)11;1-4(7)10-13(11-5(2)8)12-6(3)9/h5H,1H2,2-4H3;13H,1-3H3. The topological polar surface area (TPSA) is 158 Å². The van der Waals surface area contributed by atoms with Crippen LogP contribution in [0.2, 0.25) is 0 Å². The van der Waals surface area contributed by atoms with Crippen LogP contribution in [0.15, 0.2) is 12.3 Å². The van der Waals surface area contributed by atoms with Gasteiger partial charge in [0.1, 0.15) is 0 Å². The second-order valence-corrected chi connectivity index (χ2v) is 8.22. The molecule has 0 saturated heterocycles. The molecule has 0 fully saturated rings. The van der Waals surface area contributed by atoms with Gasteiger partial charge < -0.3 is 26.6 Å². The third-order valence-corrected chi connectivity index (χ3v) is 5.68. The van der Waals surface area contributed by atoms with E-state index in [1.807, 2.05) is 0 Å². The van der Waals surface area contributed by atoms with E-state index in [9.17, 15) is 28.8 Å². The molecule has 14 heteroatoms. The molecule has 0 aromatic rings. The van der Waals surface area contributed by atoms with E-state index in [2.05, 4.69) is 19.9 Å². The van der Waals surface area contributed by atoms with Gasteiger partial charge in [-0.25, -0.2) is 0 Å². The zero-order valence-electron chi connectivity index (χ0n) is 16.3. The van der Waals surface area contributed by atoms with Crippen LogP contribution in [0.25, 0.3) is 0 Å². The number of carbonyl (C=O) groups is 6. The van der Waals surface area contributed by atoms with Crippen molar-refractivity contribution in [2.24, 2.45) is 0 Å². The monoisotopic (exact) mass is 438 g/mol. The van der Waals surface area contributed by atoms with Gasteiger partial charge in [-0.15, -0.1) is 0 Å². The molecule has 0 aromatic heterocycles. The second-order valence-electron chi connectivity index (χ2n) is 4.71. The zero-order valence-corrected chi connectivity index (χ0v) is 18.4. The molecular weight excluding hydrogens is 416 g/mol. The van der Waals surface area contributed by atoms with Gasteiger partial charge in [0.25, 0.3) is 35.8 Å². The van der Waals surface area contributed by atoms with Gasteiger partial charge in [-0.1, -0.05) is 6.58 Å². The molecule has 0 spiro atoms. The SMILES string of the molecule is C=C[Si](OC(C)=O)(OC(C)=O)OC(C)=O.CC(=O)O[SiH](OC(C)=O)OC(C)=O. The molecule has 0 aliphatic carbocycles. The number of carbonyl (C=O) groups excluding carboxylic acids is 6. The lowest BCUT2D eigenvalue weighted by atomic mass is 10.9. The third-order valence-electron chi connectivity index (χ3n) is 1.89. The second kappa shape index (κ2) is 13.2. The number of hydrogen-bond acceptors (Lipinski definition) is 12. The predicted molar refractivity (Wildman–Crippen MR) is 93.7 cm³/mol. The first-order valence-electron chi connectivity index (χ1n) is 7.47. The van der Waals surface area contributed by atoms with Gasteiger partial charge in [0, 0.05) is 47.2 Å². The van der Waals surface area contributed by atoms with Crippen LogP contribution >= 0.6 is 0 Å². The molecule has 0 aromatic carbocycles. The normalized spacial score (nSPS) is 9.68. The predicted octanol–water partition coefficient (Wildman–Crippen LogP) is -0.267. The third kappa shape index (κ3) is 15.3. The van der Waals surface area contributed by atoms with Gasteiger partial charge in [-0.3, -0.25) is 28.8 Å². The van der Waals surface area contributed by atoms with Gasteiger partial charge >= 0.3 is 18.3 Å². The Labute approximate surface area is 164 Å². The van der Waals surface area contributed by atoms with E-state index in [1.165, 1.54) is 0 Å². The first-order valence-corrected chi connectivity index (χ1v) is 10.7. The van der Waals surface area contributed by atoms with Gasteiger partial charge in [-0.2, -0.15) is 0 Å². The fraction of sp³-hybridized carbons (Fsp3) is 0.429. The quantitative estimate of drug-likeness (QED) is 0.480. The summed E-state index contributed by atoms with van der Waals surface area (Å²) >= 11 is 0. The van der Waals surface area contributed by atoms with Gasteiger partial charge in [0.05, 0.1) is 0 Å². The van der Waals surface area contributed by atoms with Crippen LogP contribution in [-0.2, 0) is 55.3 Å². The van der Waals surface area contributed by atoms with Crippen molar-refractivity contribution in [3.05, 3.63) is 12.3 Å². The minimum Gasteiger partial charge on any atom is -0.458 e. The van der Waals surface area contributed by atoms with Crippen LogP contribution in [0.1, 0.15) is 41.5 Å². The Kier molecular flexibility index (Phi) is 12.8. The van der Waals surface area contributed by atoms with Crippen molar-refractivity contribution < 1.29 is 55.3 Å². The molecule has 0 saturated carbocycles. The van der Waals surface area contributed by atoms with Crippen LogP contribution in [0.5, 0.6) is 0 Å². The van der Waals surface area contributed by atoms with Gasteiger partial charge in [-0.05, 0) is 0 Å². The molecule has 0 bridgehead atoms. The lowest BCUT2D eigenvalue weighted by Gasteiger charge is -2.22. The highest BCUT2D eigenvalue weighted by Gasteiger charge is 2.48. The summed E-state index contributed by atoms with van der Waals surface area (Å²) in [6, 6.07) is 0. The van der Waals surface area contributed by atoms with Crippen LogP contribution in [0, 0.1) is 0 Å². The Morgan fingerprint density at radius 3 is 1.00 bits per heavy atom. The smallest absolute Gasteiger partial charge is 0.458 e. The van der Waals surface area contributed by atoms with Crippen molar-refractivity contribution in [3.63, 3.8) is 0 Å². The maximum absolute atomic E-state index is 10.8. The van der Waals surface area contributed by atoms with Crippen molar-refractivity contribution in [2.75, 3.05) is 0 Å². The fourth-order valence-electron chi connectivity index (χ4n) is 1.27. The molecule has 0 N–H and O–H groups in total. The average molecular weight is 438 g/mol. The van der Waals surface area contributed by atoms with E-state index in [4.69, 9.17) is 13.3 Å². The Balaban J connectivity index is 0. The van der Waals surface area contributed by atoms with Crippen molar-refractivity contribution in [2.45, 2.75) is 41.5 Å². The zero-order chi connectivity index (χ0) is 22.5. The minimum atomic E-state index is -3.74. The summed E-state index contributed by atoms with van der Waals surface area (Å²) in [5, 5.41) is 0. The van der Waals surface area contributed by atoms with Crippen molar-refractivity contribution in [1.82, 2.24) is 0 Å². The first kappa shape index (κ1) is 27.2. The maximum Gasteiger partial charge on any atom is 0.734 e. The molecule has 0 heterocycles. The summed E-state index contributed by atoms with van der Waals surface area (Å²) in [4.78, 5) is 63.6. The summed E-state index contributed by atoms with van der Waals surface area (Å²) in [6.07, 6.45) is 0. The molecule has 0 atom stereocenters. The molecule has 0 amide bonds. The lowest BCUT2D eigenvalue weighted by Crippen LogP contribution is -2.47. The number of rotatable bonds is 7. The van der Waals surface area contributed by atoms with Crippen LogP contribution in [0.3, 0.4) is 0 Å². The van der Waals surface area contributed by atoms with Crippen LogP contribution < -0.4 is 0 Å². The molecule has 28 heavy (non-hydrogen) atoms. The summed E-state index contributed by atoms with van der Waals surface area (Å²) in [5.74, 6) is -4.12. The molecule has 0 aliphatic rings. The molecule has 0 radical (unpaired) electrons. The van der Waals surface area contributed by atoms with E-state index < -0.39 is 54.1 Å². The minimum absolute atomic E-state index is 0.654. The first-order chi connectivity index (χ1) is 12.7. The summed E-state index contributed by atoms with van der Waals surface area (Å²) in [7, 11) is -6.70. The molecule has 0 rings (SSSR count). The molecular formula is C14H22O12Si2. The van der Waals surface area contributed by atoms with Crippen molar-refractivity contribution in [1.29, 1.82) is 0 Å². The average Bonchev–Trinajstić information content (AvgIpc) is 2.43. The Morgan fingerprint density at radius 2 is 0.857 bits per heavy atom. The Morgan fingerprint density at radius 1 is 0.607 bits per heavy atom. The molecule has 0 unspecified atom stereocenters. The van der Waals surface area contributed by atoms with Crippen molar-refractivity contribution in [3.8, 4) is 0 Å². The molecule has 158 valence electrons. The summed E-state index contributed by atoms with van der Waals surface area (Å²) in [5.41, 5.74) is 1.04. The highest BCUT2D eigenvalue weighted by molar-refractivity contribution is 6.70. The van der Waals surface area contributed by atoms with E-state index in [-0.39, 0.29) is 0 Å². The highest BCUT2D eigenvalue weighted by atomic mass is 28.4. The highest BCUT2D eigenvalue weighted by Crippen LogP contribution is 2.12.